The average Bonchev–Trinajstić information content (AvgIpc) is 2.17. The Morgan fingerprint density at radius 3 is 2.53 bits per heavy atom. The Bertz CT molecular complexity index is 291. The molecule has 1 aromatic rings. The zero-order valence-corrected chi connectivity index (χ0v) is 10.6. The first-order chi connectivity index (χ1) is 7.04. The van der Waals surface area contributed by atoms with Crippen LogP contribution in [0, 0.1) is 6.07 Å². The van der Waals surface area contributed by atoms with Crippen LogP contribution in [0.3, 0.4) is 0 Å². The van der Waals surface area contributed by atoms with E-state index >= 15 is 0 Å². The molecule has 0 saturated heterocycles. The second-order valence-electron chi connectivity index (χ2n) is 5.31. The van der Waals surface area contributed by atoms with Gasteiger partial charge in [-0.2, -0.15) is 0 Å². The largest absolute Gasteiger partial charge is 0.0654 e. The fraction of sp³-hybridized carbons (Fsp3) is 0.600. The van der Waals surface area contributed by atoms with Gasteiger partial charge in [-0.05, 0) is 35.4 Å². The predicted molar refractivity (Wildman–Crippen MR) is 67.2 cm³/mol. The van der Waals surface area contributed by atoms with Crippen molar-refractivity contribution in [1.82, 2.24) is 0 Å². The van der Waals surface area contributed by atoms with Gasteiger partial charge < -0.3 is 0 Å². The molecule has 0 aliphatic heterocycles. The molecule has 0 atom stereocenters. The molecule has 0 aliphatic rings. The normalized spacial score (nSPS) is 11.7. The van der Waals surface area contributed by atoms with Crippen molar-refractivity contribution in [1.29, 1.82) is 0 Å². The molecular weight excluding hydrogens is 180 g/mol. The number of hydrogen-bond acceptors (Lipinski definition) is 0. The minimum atomic E-state index is 0.259. The molecule has 0 aliphatic carbocycles. The van der Waals surface area contributed by atoms with E-state index in [2.05, 4.69) is 52.0 Å². The summed E-state index contributed by atoms with van der Waals surface area (Å²) >= 11 is 0. The van der Waals surface area contributed by atoms with Gasteiger partial charge in [-0.1, -0.05) is 58.7 Å². The van der Waals surface area contributed by atoms with E-state index in [4.69, 9.17) is 0 Å². The lowest BCUT2D eigenvalue weighted by atomic mass is 9.86. The third kappa shape index (κ3) is 4.07. The summed E-state index contributed by atoms with van der Waals surface area (Å²) in [5, 5.41) is 0. The molecule has 1 radical (unpaired) electrons. The van der Waals surface area contributed by atoms with E-state index in [1.165, 1.54) is 36.8 Å². The molecule has 1 rings (SSSR count). The highest BCUT2D eigenvalue weighted by Crippen LogP contribution is 2.23. The van der Waals surface area contributed by atoms with Crippen LogP contribution in [0.2, 0.25) is 0 Å². The number of unbranched alkanes of at least 4 members (excludes halogenated alkanes) is 2. The number of hydrogen-bond donors (Lipinski definition) is 0. The predicted octanol–water partition coefficient (Wildman–Crippen LogP) is 4.52. The van der Waals surface area contributed by atoms with Crippen molar-refractivity contribution in [2.75, 3.05) is 0 Å². The zero-order valence-electron chi connectivity index (χ0n) is 10.6. The van der Waals surface area contributed by atoms with Gasteiger partial charge in [0.2, 0.25) is 0 Å². The lowest BCUT2D eigenvalue weighted by molar-refractivity contribution is 0.588. The first-order valence-electron chi connectivity index (χ1n) is 6.05. The molecule has 0 heterocycles. The van der Waals surface area contributed by atoms with Crippen molar-refractivity contribution >= 4 is 0 Å². The number of rotatable bonds is 4. The first-order valence-corrected chi connectivity index (χ1v) is 6.05. The van der Waals surface area contributed by atoms with Crippen LogP contribution in [0.5, 0.6) is 0 Å². The van der Waals surface area contributed by atoms with E-state index in [0.29, 0.717) is 0 Å². The molecule has 1 aromatic carbocycles. The van der Waals surface area contributed by atoms with Gasteiger partial charge >= 0.3 is 0 Å². The van der Waals surface area contributed by atoms with Crippen LogP contribution in [0.25, 0.3) is 0 Å². The lowest BCUT2D eigenvalue weighted by Gasteiger charge is -2.19. The van der Waals surface area contributed by atoms with E-state index in [0.717, 1.165) is 0 Å². The molecule has 0 nitrogen and oxygen atoms in total. The Morgan fingerprint density at radius 2 is 1.93 bits per heavy atom. The van der Waals surface area contributed by atoms with Crippen molar-refractivity contribution in [2.45, 2.75) is 58.8 Å². The Balaban J connectivity index is 2.66. The molecule has 0 saturated carbocycles. The van der Waals surface area contributed by atoms with Crippen molar-refractivity contribution in [3.63, 3.8) is 0 Å². The van der Waals surface area contributed by atoms with Gasteiger partial charge in [0.25, 0.3) is 0 Å². The highest BCUT2D eigenvalue weighted by atomic mass is 14.2. The van der Waals surface area contributed by atoms with Crippen molar-refractivity contribution in [2.24, 2.45) is 0 Å². The topological polar surface area (TPSA) is 0 Å². The second-order valence-corrected chi connectivity index (χ2v) is 5.31. The summed E-state index contributed by atoms with van der Waals surface area (Å²) in [6.07, 6.45) is 5.09. The monoisotopic (exact) mass is 203 g/mol. The molecule has 0 fully saturated rings. The van der Waals surface area contributed by atoms with Crippen LogP contribution in [0.1, 0.15) is 58.1 Å². The van der Waals surface area contributed by atoms with Crippen molar-refractivity contribution in [3.8, 4) is 0 Å². The molecule has 0 N–H and O–H groups in total. The van der Waals surface area contributed by atoms with Crippen LogP contribution in [-0.4, -0.2) is 0 Å². The number of benzene rings is 1. The molecule has 0 aromatic heterocycles. The van der Waals surface area contributed by atoms with E-state index in [1.54, 1.807) is 0 Å². The van der Waals surface area contributed by atoms with Crippen LogP contribution in [0.4, 0.5) is 0 Å². The van der Waals surface area contributed by atoms with E-state index < -0.39 is 0 Å². The van der Waals surface area contributed by atoms with Gasteiger partial charge in [0.15, 0.2) is 0 Å². The lowest BCUT2D eigenvalue weighted by Crippen LogP contribution is -2.11. The molecule has 83 valence electrons. The maximum atomic E-state index is 3.34. The zero-order chi connectivity index (χ0) is 11.3. The van der Waals surface area contributed by atoms with Crippen LogP contribution >= 0.6 is 0 Å². The quantitative estimate of drug-likeness (QED) is 0.631. The minimum Gasteiger partial charge on any atom is -0.0654 e. The maximum Gasteiger partial charge on any atom is -0.0132 e. The molecule has 0 heteroatoms. The van der Waals surface area contributed by atoms with E-state index in [-0.39, 0.29) is 5.41 Å². The van der Waals surface area contributed by atoms with Crippen molar-refractivity contribution in [3.05, 3.63) is 35.4 Å². The Labute approximate surface area is 94.7 Å². The smallest absolute Gasteiger partial charge is 0.0132 e. The Hall–Kier alpha value is -0.780. The van der Waals surface area contributed by atoms with Gasteiger partial charge in [0.1, 0.15) is 0 Å². The average molecular weight is 203 g/mol. The molecule has 0 amide bonds. The van der Waals surface area contributed by atoms with Crippen molar-refractivity contribution < 1.29 is 0 Å². The third-order valence-electron chi connectivity index (χ3n) is 2.78. The summed E-state index contributed by atoms with van der Waals surface area (Å²) in [6.45, 7) is 9.03. The van der Waals surface area contributed by atoms with Gasteiger partial charge in [-0.3, -0.25) is 0 Å². The van der Waals surface area contributed by atoms with Crippen LogP contribution in [0.15, 0.2) is 18.2 Å². The van der Waals surface area contributed by atoms with Gasteiger partial charge in [-0.15, -0.1) is 0 Å². The van der Waals surface area contributed by atoms with E-state index in [1.807, 2.05) is 0 Å². The SMILES string of the molecule is CCCCCc1[c]ccc(C(C)(C)C)c1. The fourth-order valence-corrected chi connectivity index (χ4v) is 1.69. The summed E-state index contributed by atoms with van der Waals surface area (Å²) in [5.41, 5.74) is 3.05. The van der Waals surface area contributed by atoms with Crippen LogP contribution < -0.4 is 0 Å². The Kier molecular flexibility index (Phi) is 4.38. The molecular formula is C15H23. The summed E-state index contributed by atoms with van der Waals surface area (Å²) in [7, 11) is 0. The second kappa shape index (κ2) is 5.34. The summed E-state index contributed by atoms with van der Waals surface area (Å²) < 4.78 is 0. The third-order valence-corrected chi connectivity index (χ3v) is 2.78. The maximum absolute atomic E-state index is 3.34. The molecule has 0 spiro atoms. The summed E-state index contributed by atoms with van der Waals surface area (Å²) in [4.78, 5) is 0. The molecule has 0 bridgehead atoms. The minimum absolute atomic E-state index is 0.259. The highest BCUT2D eigenvalue weighted by molar-refractivity contribution is 5.27. The van der Waals surface area contributed by atoms with Gasteiger partial charge in [-0.25, -0.2) is 0 Å². The molecule has 0 unspecified atom stereocenters. The standard InChI is InChI=1S/C15H23/c1-5-6-7-9-13-10-8-11-14(12-13)15(2,3)4/h8,11-12H,5-7,9H2,1-4H3. The van der Waals surface area contributed by atoms with Crippen LogP contribution in [-0.2, 0) is 11.8 Å². The van der Waals surface area contributed by atoms with E-state index in [9.17, 15) is 0 Å². The molecule has 15 heavy (non-hydrogen) atoms. The van der Waals surface area contributed by atoms with Gasteiger partial charge in [0.05, 0.1) is 0 Å². The summed E-state index contributed by atoms with van der Waals surface area (Å²) in [5.74, 6) is 0. The number of aryl methyl sites for hydroxylation is 1. The first kappa shape index (κ1) is 12.3. The highest BCUT2D eigenvalue weighted by Gasteiger charge is 2.13. The van der Waals surface area contributed by atoms with Gasteiger partial charge in [0, 0.05) is 0 Å². The summed E-state index contributed by atoms with van der Waals surface area (Å²) in [6, 6.07) is 9.91. The fourth-order valence-electron chi connectivity index (χ4n) is 1.69. The Morgan fingerprint density at radius 1 is 1.20 bits per heavy atom.